The zero-order valence-corrected chi connectivity index (χ0v) is 10.6. The van der Waals surface area contributed by atoms with Crippen LogP contribution in [0.3, 0.4) is 0 Å². The number of pyridine rings is 1. The van der Waals surface area contributed by atoms with E-state index < -0.39 is 0 Å². The van der Waals surface area contributed by atoms with Crippen LogP contribution in [0.15, 0.2) is 18.3 Å². The lowest BCUT2D eigenvalue weighted by molar-refractivity contribution is 0.673. The molecule has 0 aliphatic carbocycles. The van der Waals surface area contributed by atoms with Crippen LogP contribution >= 0.6 is 0 Å². The highest BCUT2D eigenvalue weighted by Gasteiger charge is 1.98. The molecule has 1 heterocycles. The Bertz CT molecular complexity index is 297. The Hall–Kier alpha value is -1.09. The van der Waals surface area contributed by atoms with Gasteiger partial charge in [-0.25, -0.2) is 4.98 Å². The molecule has 1 aromatic heterocycles. The van der Waals surface area contributed by atoms with Crippen LogP contribution in [-0.2, 0) is 6.54 Å². The molecule has 0 amide bonds. The maximum atomic E-state index is 4.30. The van der Waals surface area contributed by atoms with Gasteiger partial charge in [-0.3, -0.25) is 0 Å². The lowest BCUT2D eigenvalue weighted by atomic mass is 10.2. The van der Waals surface area contributed by atoms with E-state index in [1.54, 1.807) is 0 Å². The van der Waals surface area contributed by atoms with Crippen LogP contribution in [0.25, 0.3) is 0 Å². The Labute approximate surface area is 98.7 Å². The quantitative estimate of drug-likeness (QED) is 0.695. The van der Waals surface area contributed by atoms with E-state index in [0.29, 0.717) is 5.92 Å². The molecular weight excluding hydrogens is 198 g/mol. The molecule has 0 saturated carbocycles. The van der Waals surface area contributed by atoms with Gasteiger partial charge in [-0.1, -0.05) is 20.8 Å². The van der Waals surface area contributed by atoms with E-state index in [0.717, 1.165) is 25.5 Å². The zero-order valence-electron chi connectivity index (χ0n) is 10.6. The molecule has 0 aromatic carbocycles. The maximum Gasteiger partial charge on any atom is 0.126 e. The van der Waals surface area contributed by atoms with Gasteiger partial charge in [0.05, 0.1) is 0 Å². The van der Waals surface area contributed by atoms with Gasteiger partial charge in [0.25, 0.3) is 0 Å². The number of hydrogen-bond donors (Lipinski definition) is 2. The van der Waals surface area contributed by atoms with Crippen LogP contribution in [0, 0.1) is 5.92 Å². The number of aromatic nitrogens is 1. The molecule has 1 aromatic rings. The molecule has 0 atom stereocenters. The predicted octanol–water partition coefficient (Wildman–Crippen LogP) is 2.65. The average molecular weight is 221 g/mol. The van der Waals surface area contributed by atoms with Gasteiger partial charge in [-0.05, 0) is 36.6 Å². The van der Waals surface area contributed by atoms with Crippen molar-refractivity contribution in [3.05, 3.63) is 23.9 Å². The van der Waals surface area contributed by atoms with Crippen LogP contribution in [0.1, 0.15) is 32.8 Å². The second-order valence-electron chi connectivity index (χ2n) is 4.50. The SMILES string of the molecule is CCCNCc1ccnc(NCC(C)C)c1. The molecule has 2 N–H and O–H groups in total. The van der Waals surface area contributed by atoms with Crippen molar-refractivity contribution in [3.63, 3.8) is 0 Å². The Balaban J connectivity index is 2.43. The first kappa shape index (κ1) is 13.0. The summed E-state index contributed by atoms with van der Waals surface area (Å²) in [5.41, 5.74) is 1.29. The zero-order chi connectivity index (χ0) is 11.8. The highest BCUT2D eigenvalue weighted by atomic mass is 15.0. The third-order valence-electron chi connectivity index (χ3n) is 2.27. The monoisotopic (exact) mass is 221 g/mol. The van der Waals surface area contributed by atoms with Gasteiger partial charge in [0.15, 0.2) is 0 Å². The van der Waals surface area contributed by atoms with E-state index >= 15 is 0 Å². The molecule has 0 spiro atoms. The Morgan fingerprint density at radius 1 is 1.38 bits per heavy atom. The molecular formula is C13H23N3. The predicted molar refractivity (Wildman–Crippen MR) is 69.6 cm³/mol. The Morgan fingerprint density at radius 2 is 2.19 bits per heavy atom. The summed E-state index contributed by atoms with van der Waals surface area (Å²) in [6, 6.07) is 4.17. The smallest absolute Gasteiger partial charge is 0.126 e. The van der Waals surface area contributed by atoms with Crippen LogP contribution in [-0.4, -0.2) is 18.1 Å². The van der Waals surface area contributed by atoms with E-state index in [-0.39, 0.29) is 0 Å². The van der Waals surface area contributed by atoms with Gasteiger partial charge in [0, 0.05) is 19.3 Å². The van der Waals surface area contributed by atoms with E-state index in [2.05, 4.69) is 48.5 Å². The molecule has 1 rings (SSSR count). The van der Waals surface area contributed by atoms with Gasteiger partial charge in [-0.2, -0.15) is 0 Å². The minimum Gasteiger partial charge on any atom is -0.370 e. The molecule has 0 radical (unpaired) electrons. The molecule has 0 unspecified atom stereocenters. The molecule has 0 aliphatic rings. The highest BCUT2D eigenvalue weighted by molar-refractivity contribution is 5.37. The summed E-state index contributed by atoms with van der Waals surface area (Å²) in [4.78, 5) is 4.30. The van der Waals surface area contributed by atoms with Crippen molar-refractivity contribution in [1.82, 2.24) is 10.3 Å². The number of hydrogen-bond acceptors (Lipinski definition) is 3. The van der Waals surface area contributed by atoms with E-state index in [1.807, 2.05) is 6.20 Å². The second kappa shape index (κ2) is 7.23. The van der Waals surface area contributed by atoms with Gasteiger partial charge in [0.2, 0.25) is 0 Å². The summed E-state index contributed by atoms with van der Waals surface area (Å²) in [7, 11) is 0. The topological polar surface area (TPSA) is 37.0 Å². The summed E-state index contributed by atoms with van der Waals surface area (Å²) in [6.45, 7) is 9.52. The second-order valence-corrected chi connectivity index (χ2v) is 4.50. The van der Waals surface area contributed by atoms with Crippen molar-refractivity contribution in [1.29, 1.82) is 0 Å². The average Bonchev–Trinajstić information content (AvgIpc) is 2.27. The molecule has 0 aliphatic heterocycles. The van der Waals surface area contributed by atoms with Gasteiger partial charge in [-0.15, -0.1) is 0 Å². The van der Waals surface area contributed by atoms with Gasteiger partial charge in [0.1, 0.15) is 5.82 Å². The standard InChI is InChI=1S/C13H23N3/c1-4-6-14-10-12-5-7-15-13(8-12)16-9-11(2)3/h5,7-8,11,14H,4,6,9-10H2,1-3H3,(H,15,16). The molecule has 0 fully saturated rings. The first-order valence-corrected chi connectivity index (χ1v) is 6.12. The van der Waals surface area contributed by atoms with Crippen molar-refractivity contribution in [2.45, 2.75) is 33.7 Å². The minimum absolute atomic E-state index is 0.642. The lowest BCUT2D eigenvalue weighted by Gasteiger charge is -2.09. The minimum atomic E-state index is 0.642. The van der Waals surface area contributed by atoms with Crippen LogP contribution in [0.4, 0.5) is 5.82 Å². The van der Waals surface area contributed by atoms with Crippen LogP contribution < -0.4 is 10.6 Å². The number of anilines is 1. The van der Waals surface area contributed by atoms with E-state index in [9.17, 15) is 0 Å². The molecule has 3 nitrogen and oxygen atoms in total. The summed E-state index contributed by atoms with van der Waals surface area (Å²) < 4.78 is 0. The summed E-state index contributed by atoms with van der Waals surface area (Å²) in [6.07, 6.45) is 3.04. The number of rotatable bonds is 7. The Morgan fingerprint density at radius 3 is 2.88 bits per heavy atom. The number of nitrogens with one attached hydrogen (secondary N) is 2. The molecule has 0 bridgehead atoms. The largest absolute Gasteiger partial charge is 0.370 e. The fourth-order valence-corrected chi connectivity index (χ4v) is 1.40. The van der Waals surface area contributed by atoms with E-state index in [4.69, 9.17) is 0 Å². The molecule has 3 heteroatoms. The van der Waals surface area contributed by atoms with Crippen molar-refractivity contribution in [3.8, 4) is 0 Å². The van der Waals surface area contributed by atoms with Crippen molar-refractivity contribution >= 4 is 5.82 Å². The fourth-order valence-electron chi connectivity index (χ4n) is 1.40. The molecule has 16 heavy (non-hydrogen) atoms. The van der Waals surface area contributed by atoms with Gasteiger partial charge < -0.3 is 10.6 Å². The normalized spacial score (nSPS) is 10.8. The third kappa shape index (κ3) is 5.12. The van der Waals surface area contributed by atoms with Crippen LogP contribution in [0.5, 0.6) is 0 Å². The first-order chi connectivity index (χ1) is 7.72. The number of nitrogens with zero attached hydrogens (tertiary/aromatic N) is 1. The van der Waals surface area contributed by atoms with Gasteiger partial charge >= 0.3 is 0 Å². The highest BCUT2D eigenvalue weighted by Crippen LogP contribution is 2.07. The lowest BCUT2D eigenvalue weighted by Crippen LogP contribution is -2.14. The summed E-state index contributed by atoms with van der Waals surface area (Å²) in [5.74, 6) is 1.62. The summed E-state index contributed by atoms with van der Waals surface area (Å²) >= 11 is 0. The fraction of sp³-hybridized carbons (Fsp3) is 0.615. The maximum absolute atomic E-state index is 4.30. The third-order valence-corrected chi connectivity index (χ3v) is 2.27. The molecule has 90 valence electrons. The Kier molecular flexibility index (Phi) is 5.86. The van der Waals surface area contributed by atoms with Crippen molar-refractivity contribution < 1.29 is 0 Å². The van der Waals surface area contributed by atoms with E-state index in [1.165, 1.54) is 12.0 Å². The first-order valence-electron chi connectivity index (χ1n) is 6.12. The van der Waals surface area contributed by atoms with Crippen molar-refractivity contribution in [2.24, 2.45) is 5.92 Å². The summed E-state index contributed by atoms with van der Waals surface area (Å²) in [5, 5.41) is 6.72. The van der Waals surface area contributed by atoms with Crippen LogP contribution in [0.2, 0.25) is 0 Å². The van der Waals surface area contributed by atoms with Crippen molar-refractivity contribution in [2.75, 3.05) is 18.4 Å². The molecule has 0 saturated heterocycles.